The van der Waals surface area contributed by atoms with E-state index in [1.54, 1.807) is 19.9 Å². The predicted octanol–water partition coefficient (Wildman–Crippen LogP) is 1.98. The Kier molecular flexibility index (Phi) is 2.86. The van der Waals surface area contributed by atoms with Crippen LogP contribution in [0.15, 0.2) is 11.4 Å². The van der Waals surface area contributed by atoms with E-state index in [4.69, 9.17) is 5.26 Å². The largest absolute Gasteiger partial charge is 0.210 e. The molecule has 0 aromatic rings. The zero-order valence-electron chi connectivity index (χ0n) is 4.90. The van der Waals surface area contributed by atoms with Crippen molar-refractivity contribution in [1.29, 1.82) is 5.26 Å². The second-order valence-corrected chi connectivity index (χ2v) is 1.62. The number of nitrogens with zero attached hydrogens (tertiary/aromatic N) is 1. The number of nitriles is 1. The molecule has 0 fully saturated rings. The van der Waals surface area contributed by atoms with E-state index in [0.29, 0.717) is 5.57 Å². The highest BCUT2D eigenvalue weighted by molar-refractivity contribution is 5.19. The molecule has 0 saturated carbocycles. The molecule has 0 aliphatic rings. The molecular weight excluding hydrogens is 105 g/mol. The van der Waals surface area contributed by atoms with Gasteiger partial charge in [-0.05, 0) is 19.4 Å². The smallest absolute Gasteiger partial charge is 0.120 e. The van der Waals surface area contributed by atoms with E-state index in [9.17, 15) is 4.39 Å². The summed E-state index contributed by atoms with van der Waals surface area (Å²) in [6.07, 6.45) is 0.884. The minimum atomic E-state index is -0.437. The molecule has 0 atom stereocenters. The lowest BCUT2D eigenvalue weighted by atomic mass is 10.2. The zero-order chi connectivity index (χ0) is 6.57. The molecule has 0 bridgehead atoms. The van der Waals surface area contributed by atoms with Crippen LogP contribution >= 0.6 is 0 Å². The number of hydrogen-bond donors (Lipinski definition) is 0. The molecule has 0 amide bonds. The Bertz CT molecular complexity index is 137. The maximum absolute atomic E-state index is 12.1. The lowest BCUT2D eigenvalue weighted by Crippen LogP contribution is -1.74. The second kappa shape index (κ2) is 3.20. The first-order valence-corrected chi connectivity index (χ1v) is 2.24. The van der Waals surface area contributed by atoms with E-state index in [0.717, 1.165) is 6.42 Å². The van der Waals surface area contributed by atoms with E-state index >= 15 is 0 Å². The molecule has 0 aliphatic carbocycles. The first kappa shape index (κ1) is 7.16. The molecule has 2 heteroatoms. The Labute approximate surface area is 48.4 Å². The Morgan fingerprint density at radius 3 is 2.25 bits per heavy atom. The fraction of sp³-hybridized carbons (Fsp3) is 0.333. The molecule has 0 rings (SSSR count). The molecule has 1 radical (unpaired) electrons. The lowest BCUT2D eigenvalue weighted by molar-refractivity contribution is 0.643. The standard InChI is InChI=1S/C6H7FN/c1-5(2)6(7)3-4-8/h3H,1-2H3. The van der Waals surface area contributed by atoms with Gasteiger partial charge in [-0.25, -0.2) is 4.39 Å². The molecule has 0 spiro atoms. The van der Waals surface area contributed by atoms with Crippen molar-refractivity contribution in [3.8, 4) is 6.07 Å². The minimum Gasteiger partial charge on any atom is -0.210 e. The van der Waals surface area contributed by atoms with Gasteiger partial charge < -0.3 is 0 Å². The third-order valence-electron chi connectivity index (χ3n) is 0.669. The number of rotatable bonds is 1. The molecule has 0 aliphatic heterocycles. The normalized spacial score (nSPS) is 7.75. The van der Waals surface area contributed by atoms with Gasteiger partial charge in [-0.1, -0.05) is 0 Å². The van der Waals surface area contributed by atoms with Gasteiger partial charge in [0, 0.05) is 0 Å². The highest BCUT2D eigenvalue weighted by atomic mass is 19.1. The van der Waals surface area contributed by atoms with Gasteiger partial charge in [-0.2, -0.15) is 5.26 Å². The molecule has 0 heterocycles. The molecule has 0 N–H and O–H groups in total. The average Bonchev–Trinajstić information content (AvgIpc) is 1.67. The summed E-state index contributed by atoms with van der Waals surface area (Å²) in [6, 6.07) is 1.59. The summed E-state index contributed by atoms with van der Waals surface area (Å²) >= 11 is 0. The topological polar surface area (TPSA) is 23.8 Å². The van der Waals surface area contributed by atoms with E-state index in [1.807, 2.05) is 0 Å². The number of hydrogen-bond acceptors (Lipinski definition) is 1. The van der Waals surface area contributed by atoms with Crippen LogP contribution in [0.2, 0.25) is 0 Å². The molecular formula is C6H7FN. The van der Waals surface area contributed by atoms with Crippen LogP contribution < -0.4 is 0 Å². The molecule has 0 unspecified atom stereocenters. The number of halogens is 1. The molecule has 8 heavy (non-hydrogen) atoms. The highest BCUT2D eigenvalue weighted by Gasteiger charge is 1.93. The Balaban J connectivity index is 3.85. The summed E-state index contributed by atoms with van der Waals surface area (Å²) in [6.45, 7) is 3.23. The van der Waals surface area contributed by atoms with Crippen molar-refractivity contribution in [3.63, 3.8) is 0 Å². The van der Waals surface area contributed by atoms with Crippen LogP contribution in [-0.2, 0) is 0 Å². The molecule has 0 saturated heterocycles. The molecule has 1 nitrogen and oxygen atoms in total. The van der Waals surface area contributed by atoms with Crippen LogP contribution in [-0.4, -0.2) is 0 Å². The number of allylic oxidation sites excluding steroid dienone is 2. The maximum Gasteiger partial charge on any atom is 0.120 e. The SMILES string of the molecule is CC(C)=C(F)[CH]C#N. The minimum absolute atomic E-state index is 0.437. The van der Waals surface area contributed by atoms with Crippen LogP contribution in [0.3, 0.4) is 0 Å². The third kappa shape index (κ3) is 2.35. The van der Waals surface area contributed by atoms with Crippen molar-refractivity contribution in [3.05, 3.63) is 17.8 Å². The third-order valence-corrected chi connectivity index (χ3v) is 0.669. The summed E-state index contributed by atoms with van der Waals surface area (Å²) < 4.78 is 12.1. The Morgan fingerprint density at radius 2 is 2.12 bits per heavy atom. The fourth-order valence-electron chi connectivity index (χ4n) is 0.201. The van der Waals surface area contributed by atoms with Crippen LogP contribution in [0, 0.1) is 17.8 Å². The first-order valence-electron chi connectivity index (χ1n) is 2.24. The van der Waals surface area contributed by atoms with Crippen molar-refractivity contribution in [2.75, 3.05) is 0 Å². The summed E-state index contributed by atoms with van der Waals surface area (Å²) in [5.41, 5.74) is 0.534. The quantitative estimate of drug-likeness (QED) is 0.508. The summed E-state index contributed by atoms with van der Waals surface area (Å²) in [7, 11) is 0. The summed E-state index contributed by atoms with van der Waals surface area (Å²) in [5.74, 6) is -0.437. The van der Waals surface area contributed by atoms with Crippen LogP contribution in [0.25, 0.3) is 0 Å². The van der Waals surface area contributed by atoms with Crippen LogP contribution in [0.1, 0.15) is 13.8 Å². The predicted molar refractivity (Wildman–Crippen MR) is 29.4 cm³/mol. The Morgan fingerprint density at radius 1 is 1.62 bits per heavy atom. The monoisotopic (exact) mass is 112 g/mol. The summed E-state index contributed by atoms with van der Waals surface area (Å²) in [4.78, 5) is 0. The lowest BCUT2D eigenvalue weighted by Gasteiger charge is -1.87. The van der Waals surface area contributed by atoms with Gasteiger partial charge in [0.15, 0.2) is 0 Å². The van der Waals surface area contributed by atoms with Gasteiger partial charge in [-0.15, -0.1) is 0 Å². The van der Waals surface area contributed by atoms with E-state index in [1.165, 1.54) is 0 Å². The van der Waals surface area contributed by atoms with Crippen molar-refractivity contribution >= 4 is 0 Å². The zero-order valence-corrected chi connectivity index (χ0v) is 4.90. The van der Waals surface area contributed by atoms with Gasteiger partial charge in [0.25, 0.3) is 0 Å². The Hall–Kier alpha value is -0.840. The molecule has 0 aromatic carbocycles. The van der Waals surface area contributed by atoms with Crippen LogP contribution in [0.5, 0.6) is 0 Å². The fourth-order valence-corrected chi connectivity index (χ4v) is 0.201. The van der Waals surface area contributed by atoms with Gasteiger partial charge in [0.05, 0.1) is 6.07 Å². The van der Waals surface area contributed by atoms with Gasteiger partial charge >= 0.3 is 0 Å². The van der Waals surface area contributed by atoms with E-state index < -0.39 is 5.83 Å². The molecule has 0 aromatic heterocycles. The van der Waals surface area contributed by atoms with Crippen molar-refractivity contribution < 1.29 is 4.39 Å². The van der Waals surface area contributed by atoms with Gasteiger partial charge in [0.1, 0.15) is 12.2 Å². The highest BCUT2D eigenvalue weighted by Crippen LogP contribution is 2.06. The van der Waals surface area contributed by atoms with Gasteiger partial charge in [0.2, 0.25) is 0 Å². The maximum atomic E-state index is 12.1. The average molecular weight is 112 g/mol. The van der Waals surface area contributed by atoms with Crippen molar-refractivity contribution in [1.82, 2.24) is 0 Å². The first-order chi connectivity index (χ1) is 3.68. The molecule has 43 valence electrons. The second-order valence-electron chi connectivity index (χ2n) is 1.62. The van der Waals surface area contributed by atoms with Crippen molar-refractivity contribution in [2.45, 2.75) is 13.8 Å². The van der Waals surface area contributed by atoms with Crippen LogP contribution in [0.4, 0.5) is 4.39 Å². The van der Waals surface area contributed by atoms with Crippen molar-refractivity contribution in [2.24, 2.45) is 0 Å². The summed E-state index contributed by atoms with van der Waals surface area (Å²) in [5, 5.41) is 7.91. The van der Waals surface area contributed by atoms with E-state index in [-0.39, 0.29) is 0 Å². The van der Waals surface area contributed by atoms with Gasteiger partial charge in [-0.3, -0.25) is 0 Å². The van der Waals surface area contributed by atoms with E-state index in [2.05, 4.69) is 0 Å².